The summed E-state index contributed by atoms with van der Waals surface area (Å²) in [5.41, 5.74) is 0.673. The summed E-state index contributed by atoms with van der Waals surface area (Å²) in [6, 6.07) is 0.345. The van der Waals surface area contributed by atoms with Crippen molar-refractivity contribution in [3.8, 4) is 0 Å². The van der Waals surface area contributed by atoms with Crippen LogP contribution in [0.4, 0.5) is 0 Å². The Hall–Kier alpha value is -0.570. The van der Waals surface area contributed by atoms with Crippen molar-refractivity contribution in [3.05, 3.63) is 0 Å². The second-order valence-electron chi connectivity index (χ2n) is 5.89. The zero-order valence-electron chi connectivity index (χ0n) is 11.1. The standard InChI is InChI=1S/C14H25NO2/c1-11(13(16)17-2)15-12-5-9-14(10-6-12)7-3-4-8-14/h11-12,15H,3-10H2,1-2H3. The fraction of sp³-hybridized carbons (Fsp3) is 0.929. The summed E-state index contributed by atoms with van der Waals surface area (Å²) in [5.74, 6) is -0.147. The molecule has 3 heteroatoms. The third-order valence-electron chi connectivity index (χ3n) is 4.75. The molecule has 0 aromatic carbocycles. The van der Waals surface area contributed by atoms with E-state index in [1.165, 1.54) is 58.5 Å². The van der Waals surface area contributed by atoms with Gasteiger partial charge in [0.15, 0.2) is 0 Å². The van der Waals surface area contributed by atoms with Crippen molar-refractivity contribution >= 4 is 5.97 Å². The Balaban J connectivity index is 1.77. The van der Waals surface area contributed by atoms with Crippen LogP contribution in [0.25, 0.3) is 0 Å². The van der Waals surface area contributed by atoms with Crippen LogP contribution in [0.2, 0.25) is 0 Å². The van der Waals surface area contributed by atoms with E-state index in [1.54, 1.807) is 0 Å². The largest absolute Gasteiger partial charge is 0.468 e. The number of esters is 1. The van der Waals surface area contributed by atoms with Gasteiger partial charge in [0.05, 0.1) is 7.11 Å². The predicted molar refractivity (Wildman–Crippen MR) is 67.8 cm³/mol. The highest BCUT2D eigenvalue weighted by atomic mass is 16.5. The Kier molecular flexibility index (Phi) is 4.08. The maximum atomic E-state index is 11.4. The molecule has 1 atom stereocenters. The lowest BCUT2D eigenvalue weighted by Crippen LogP contribution is -2.44. The molecule has 1 N–H and O–H groups in total. The van der Waals surface area contributed by atoms with Crippen LogP contribution in [-0.2, 0) is 9.53 Å². The Morgan fingerprint density at radius 2 is 1.82 bits per heavy atom. The first-order valence-corrected chi connectivity index (χ1v) is 6.99. The van der Waals surface area contributed by atoms with Crippen LogP contribution >= 0.6 is 0 Å². The number of carbonyl (C=O) groups is 1. The zero-order chi connectivity index (χ0) is 12.3. The molecule has 0 bridgehead atoms. The van der Waals surface area contributed by atoms with E-state index in [-0.39, 0.29) is 12.0 Å². The zero-order valence-corrected chi connectivity index (χ0v) is 11.1. The van der Waals surface area contributed by atoms with E-state index in [4.69, 9.17) is 4.74 Å². The van der Waals surface area contributed by atoms with Crippen molar-refractivity contribution < 1.29 is 9.53 Å². The van der Waals surface area contributed by atoms with Crippen LogP contribution in [-0.4, -0.2) is 25.2 Å². The lowest BCUT2D eigenvalue weighted by Gasteiger charge is -2.38. The average Bonchev–Trinajstić information content (AvgIpc) is 2.80. The van der Waals surface area contributed by atoms with Crippen LogP contribution in [0, 0.1) is 5.41 Å². The summed E-state index contributed by atoms with van der Waals surface area (Å²) in [7, 11) is 1.45. The minimum atomic E-state index is -0.164. The van der Waals surface area contributed by atoms with E-state index in [0.717, 1.165) is 0 Å². The average molecular weight is 239 g/mol. The smallest absolute Gasteiger partial charge is 0.322 e. The summed E-state index contributed by atoms with van der Waals surface area (Å²) in [6.07, 6.45) is 10.9. The van der Waals surface area contributed by atoms with Crippen LogP contribution < -0.4 is 5.32 Å². The normalized spacial score (nSPS) is 26.0. The van der Waals surface area contributed by atoms with E-state index in [2.05, 4.69) is 5.32 Å². The molecule has 2 saturated carbocycles. The van der Waals surface area contributed by atoms with Crippen molar-refractivity contribution in [1.82, 2.24) is 5.32 Å². The Morgan fingerprint density at radius 1 is 1.24 bits per heavy atom. The maximum Gasteiger partial charge on any atom is 0.322 e. The number of rotatable bonds is 3. The summed E-state index contributed by atoms with van der Waals surface area (Å²) in [5, 5.41) is 3.40. The fourth-order valence-corrected chi connectivity index (χ4v) is 3.62. The van der Waals surface area contributed by atoms with Crippen LogP contribution in [0.5, 0.6) is 0 Å². The van der Waals surface area contributed by atoms with Crippen LogP contribution in [0.15, 0.2) is 0 Å². The number of hydrogen-bond donors (Lipinski definition) is 1. The predicted octanol–water partition coefficient (Wildman–Crippen LogP) is 2.64. The molecule has 1 spiro atoms. The molecule has 0 aromatic heterocycles. The lowest BCUT2D eigenvalue weighted by atomic mass is 9.71. The van der Waals surface area contributed by atoms with Gasteiger partial charge in [0, 0.05) is 6.04 Å². The van der Waals surface area contributed by atoms with Gasteiger partial charge in [-0.05, 0) is 50.9 Å². The van der Waals surface area contributed by atoms with E-state index >= 15 is 0 Å². The molecule has 2 aliphatic carbocycles. The molecule has 0 aromatic rings. The van der Waals surface area contributed by atoms with Crippen molar-refractivity contribution in [3.63, 3.8) is 0 Å². The van der Waals surface area contributed by atoms with Gasteiger partial charge in [-0.2, -0.15) is 0 Å². The highest BCUT2D eigenvalue weighted by Gasteiger charge is 2.37. The summed E-state index contributed by atoms with van der Waals surface area (Å²) in [6.45, 7) is 1.89. The van der Waals surface area contributed by atoms with Gasteiger partial charge in [-0.1, -0.05) is 12.8 Å². The van der Waals surface area contributed by atoms with Gasteiger partial charge in [-0.3, -0.25) is 4.79 Å². The number of nitrogens with one attached hydrogen (secondary N) is 1. The highest BCUT2D eigenvalue weighted by molar-refractivity contribution is 5.75. The Labute approximate surface area is 104 Å². The highest BCUT2D eigenvalue weighted by Crippen LogP contribution is 2.48. The monoisotopic (exact) mass is 239 g/mol. The van der Waals surface area contributed by atoms with Gasteiger partial charge >= 0.3 is 5.97 Å². The Morgan fingerprint density at radius 3 is 2.35 bits per heavy atom. The molecule has 0 saturated heterocycles. The van der Waals surface area contributed by atoms with Crippen molar-refractivity contribution in [2.24, 2.45) is 5.41 Å². The van der Waals surface area contributed by atoms with Gasteiger partial charge in [-0.25, -0.2) is 0 Å². The lowest BCUT2D eigenvalue weighted by molar-refractivity contribution is -0.142. The summed E-state index contributed by atoms with van der Waals surface area (Å²) < 4.78 is 4.75. The quantitative estimate of drug-likeness (QED) is 0.769. The second-order valence-corrected chi connectivity index (χ2v) is 5.89. The topological polar surface area (TPSA) is 38.3 Å². The number of carbonyl (C=O) groups excluding carboxylic acids is 1. The minimum Gasteiger partial charge on any atom is -0.468 e. The molecule has 0 radical (unpaired) electrons. The minimum absolute atomic E-state index is 0.147. The molecular weight excluding hydrogens is 214 g/mol. The molecule has 98 valence electrons. The molecule has 0 amide bonds. The SMILES string of the molecule is COC(=O)C(C)NC1CCC2(CCCC2)CC1. The number of ether oxygens (including phenoxy) is 1. The van der Waals surface area contributed by atoms with Crippen molar-refractivity contribution in [2.75, 3.05) is 7.11 Å². The second kappa shape index (κ2) is 5.38. The molecule has 0 heterocycles. The number of methoxy groups -OCH3 is 1. The molecule has 0 aliphatic heterocycles. The molecular formula is C14H25NO2. The van der Waals surface area contributed by atoms with E-state index in [0.29, 0.717) is 11.5 Å². The van der Waals surface area contributed by atoms with E-state index in [9.17, 15) is 4.79 Å². The van der Waals surface area contributed by atoms with Crippen LogP contribution in [0.3, 0.4) is 0 Å². The van der Waals surface area contributed by atoms with Gasteiger partial charge in [0.2, 0.25) is 0 Å². The molecule has 17 heavy (non-hydrogen) atoms. The third-order valence-corrected chi connectivity index (χ3v) is 4.75. The Bertz CT molecular complexity index is 261. The summed E-state index contributed by atoms with van der Waals surface area (Å²) in [4.78, 5) is 11.4. The van der Waals surface area contributed by atoms with Gasteiger partial charge in [-0.15, -0.1) is 0 Å². The van der Waals surface area contributed by atoms with Crippen molar-refractivity contribution in [2.45, 2.75) is 70.4 Å². The molecule has 2 fully saturated rings. The van der Waals surface area contributed by atoms with Gasteiger partial charge < -0.3 is 10.1 Å². The first-order chi connectivity index (χ1) is 8.15. The van der Waals surface area contributed by atoms with Crippen molar-refractivity contribution in [1.29, 1.82) is 0 Å². The van der Waals surface area contributed by atoms with Gasteiger partial charge in [0.25, 0.3) is 0 Å². The molecule has 1 unspecified atom stereocenters. The maximum absolute atomic E-state index is 11.4. The number of hydrogen-bond acceptors (Lipinski definition) is 3. The third kappa shape index (κ3) is 3.01. The fourth-order valence-electron chi connectivity index (χ4n) is 3.62. The molecule has 2 rings (SSSR count). The summed E-state index contributed by atoms with van der Waals surface area (Å²) >= 11 is 0. The van der Waals surface area contributed by atoms with Gasteiger partial charge in [0.1, 0.15) is 6.04 Å². The molecule has 2 aliphatic rings. The molecule has 3 nitrogen and oxygen atoms in total. The first-order valence-electron chi connectivity index (χ1n) is 6.99. The van der Waals surface area contributed by atoms with E-state index < -0.39 is 0 Å². The van der Waals surface area contributed by atoms with Crippen LogP contribution in [0.1, 0.15) is 58.3 Å². The van der Waals surface area contributed by atoms with E-state index in [1.807, 2.05) is 6.92 Å². The first kappa shape index (κ1) is 12.9.